The number of hydrogen-bond acceptors (Lipinski definition) is 2. The number of rotatable bonds is 3. The fourth-order valence-corrected chi connectivity index (χ4v) is 2.20. The Balaban J connectivity index is 2.15. The van der Waals surface area contributed by atoms with Gasteiger partial charge in [0, 0.05) is 18.2 Å². The highest BCUT2D eigenvalue weighted by molar-refractivity contribution is 6.40. The van der Waals surface area contributed by atoms with E-state index in [4.69, 9.17) is 23.2 Å². The van der Waals surface area contributed by atoms with E-state index in [1.807, 2.05) is 0 Å². The fraction of sp³-hybridized carbons (Fsp3) is 0.0667. The minimum absolute atomic E-state index is 0.171. The maximum absolute atomic E-state index is 12.1. The Bertz CT molecular complexity index is 664. The number of carbonyl (C=O) groups is 2. The molecule has 0 aliphatic rings. The van der Waals surface area contributed by atoms with Crippen molar-refractivity contribution < 1.29 is 9.59 Å². The van der Waals surface area contributed by atoms with Crippen molar-refractivity contribution in [3.63, 3.8) is 0 Å². The van der Waals surface area contributed by atoms with Crippen molar-refractivity contribution >= 4 is 46.4 Å². The van der Waals surface area contributed by atoms with Crippen molar-refractivity contribution in [2.75, 3.05) is 10.6 Å². The summed E-state index contributed by atoms with van der Waals surface area (Å²) in [6, 6.07) is 11.5. The van der Waals surface area contributed by atoms with Crippen LogP contribution in [0.25, 0.3) is 0 Å². The second kappa shape index (κ2) is 6.61. The molecule has 0 spiro atoms. The topological polar surface area (TPSA) is 58.2 Å². The lowest BCUT2D eigenvalue weighted by molar-refractivity contribution is -0.114. The Hall–Kier alpha value is -2.04. The van der Waals surface area contributed by atoms with Gasteiger partial charge in [0.15, 0.2) is 0 Å². The minimum Gasteiger partial charge on any atom is -0.326 e. The normalized spacial score (nSPS) is 10.0. The van der Waals surface area contributed by atoms with Gasteiger partial charge in [0.25, 0.3) is 5.91 Å². The zero-order chi connectivity index (χ0) is 15.4. The number of benzene rings is 2. The minimum atomic E-state index is -0.334. The predicted octanol–water partition coefficient (Wildman–Crippen LogP) is 4.20. The van der Waals surface area contributed by atoms with E-state index in [0.717, 1.165) is 0 Å². The standard InChI is InChI=1S/C15H12Cl2N2O2/c1-9(20)18-11-7-5-10(6-8-11)15(21)19-14-12(16)3-2-4-13(14)17/h2-8H,1H3,(H,18,20)(H,19,21). The van der Waals surface area contributed by atoms with E-state index in [2.05, 4.69) is 10.6 Å². The van der Waals surface area contributed by atoms with Gasteiger partial charge in [-0.25, -0.2) is 0 Å². The van der Waals surface area contributed by atoms with Crippen molar-refractivity contribution in [2.24, 2.45) is 0 Å². The lowest BCUT2D eigenvalue weighted by atomic mass is 10.2. The predicted molar refractivity (Wildman–Crippen MR) is 85.2 cm³/mol. The van der Waals surface area contributed by atoms with Gasteiger partial charge in [0.1, 0.15) is 0 Å². The molecule has 21 heavy (non-hydrogen) atoms. The molecule has 0 saturated heterocycles. The lowest BCUT2D eigenvalue weighted by Gasteiger charge is -2.09. The van der Waals surface area contributed by atoms with Gasteiger partial charge in [-0.1, -0.05) is 29.3 Å². The molecule has 2 rings (SSSR count). The van der Waals surface area contributed by atoms with Gasteiger partial charge in [-0.15, -0.1) is 0 Å². The molecule has 0 fully saturated rings. The molecule has 0 bridgehead atoms. The van der Waals surface area contributed by atoms with Crippen LogP contribution < -0.4 is 10.6 Å². The van der Waals surface area contributed by atoms with E-state index >= 15 is 0 Å². The largest absolute Gasteiger partial charge is 0.326 e. The first-order valence-corrected chi connectivity index (χ1v) is 6.86. The molecule has 0 aliphatic carbocycles. The first kappa shape index (κ1) is 15.4. The summed E-state index contributed by atoms with van der Waals surface area (Å²) < 4.78 is 0. The third-order valence-electron chi connectivity index (χ3n) is 2.67. The molecule has 4 nitrogen and oxygen atoms in total. The smallest absolute Gasteiger partial charge is 0.255 e. The summed E-state index contributed by atoms with van der Waals surface area (Å²) in [5.74, 6) is -0.505. The second-order valence-corrected chi connectivity index (χ2v) is 5.12. The highest BCUT2D eigenvalue weighted by atomic mass is 35.5. The van der Waals surface area contributed by atoms with E-state index in [0.29, 0.717) is 27.0 Å². The van der Waals surface area contributed by atoms with Crippen LogP contribution in [0.4, 0.5) is 11.4 Å². The summed E-state index contributed by atoms with van der Waals surface area (Å²) >= 11 is 12.0. The van der Waals surface area contributed by atoms with Crippen molar-refractivity contribution in [3.8, 4) is 0 Å². The molecule has 6 heteroatoms. The molecule has 2 amide bonds. The average molecular weight is 323 g/mol. The van der Waals surface area contributed by atoms with E-state index in [1.165, 1.54) is 6.92 Å². The molecule has 2 aromatic rings. The van der Waals surface area contributed by atoms with E-state index < -0.39 is 0 Å². The van der Waals surface area contributed by atoms with Crippen LogP contribution in [-0.4, -0.2) is 11.8 Å². The van der Waals surface area contributed by atoms with Gasteiger partial charge in [0.05, 0.1) is 15.7 Å². The van der Waals surface area contributed by atoms with E-state index in [-0.39, 0.29) is 11.8 Å². The molecule has 108 valence electrons. The van der Waals surface area contributed by atoms with Gasteiger partial charge < -0.3 is 10.6 Å². The molecular weight excluding hydrogens is 311 g/mol. The van der Waals surface area contributed by atoms with Crippen LogP contribution in [0.2, 0.25) is 10.0 Å². The molecule has 0 aliphatic heterocycles. The number of carbonyl (C=O) groups excluding carboxylic acids is 2. The summed E-state index contributed by atoms with van der Waals surface area (Å²) in [5.41, 5.74) is 1.42. The Morgan fingerprint density at radius 1 is 0.905 bits per heavy atom. The van der Waals surface area contributed by atoms with Crippen LogP contribution in [0.5, 0.6) is 0 Å². The van der Waals surface area contributed by atoms with Crippen molar-refractivity contribution in [3.05, 3.63) is 58.1 Å². The summed E-state index contributed by atoms with van der Waals surface area (Å²) in [6.45, 7) is 1.42. The molecule has 0 heterocycles. The molecule has 2 N–H and O–H groups in total. The van der Waals surface area contributed by atoms with Gasteiger partial charge in [-0.2, -0.15) is 0 Å². The van der Waals surface area contributed by atoms with Crippen LogP contribution in [0.1, 0.15) is 17.3 Å². The third kappa shape index (κ3) is 3.97. The van der Waals surface area contributed by atoms with Gasteiger partial charge >= 0.3 is 0 Å². The van der Waals surface area contributed by atoms with Crippen LogP contribution in [0.3, 0.4) is 0 Å². The molecule has 2 aromatic carbocycles. The maximum atomic E-state index is 12.1. The average Bonchev–Trinajstić information content (AvgIpc) is 2.43. The van der Waals surface area contributed by atoms with E-state index in [1.54, 1.807) is 42.5 Å². The van der Waals surface area contributed by atoms with Gasteiger partial charge in [-0.3, -0.25) is 9.59 Å². The van der Waals surface area contributed by atoms with Gasteiger partial charge in [0.2, 0.25) is 5.91 Å². The summed E-state index contributed by atoms with van der Waals surface area (Å²) in [5, 5.41) is 6.02. The number of amides is 2. The quantitative estimate of drug-likeness (QED) is 0.889. The Labute approximate surface area is 132 Å². The highest BCUT2D eigenvalue weighted by Crippen LogP contribution is 2.30. The first-order chi connectivity index (χ1) is 9.97. The Morgan fingerprint density at radius 3 is 2.00 bits per heavy atom. The second-order valence-electron chi connectivity index (χ2n) is 4.31. The molecule has 0 saturated carbocycles. The summed E-state index contributed by atoms with van der Waals surface area (Å²) in [4.78, 5) is 23.1. The van der Waals surface area contributed by atoms with Crippen LogP contribution in [0, 0.1) is 0 Å². The highest BCUT2D eigenvalue weighted by Gasteiger charge is 2.11. The van der Waals surface area contributed by atoms with Crippen LogP contribution in [-0.2, 0) is 4.79 Å². The molecular formula is C15H12Cl2N2O2. The molecule has 0 aromatic heterocycles. The van der Waals surface area contributed by atoms with Gasteiger partial charge in [-0.05, 0) is 36.4 Å². The number of halogens is 2. The Morgan fingerprint density at radius 2 is 1.48 bits per heavy atom. The lowest BCUT2D eigenvalue weighted by Crippen LogP contribution is -2.13. The zero-order valence-corrected chi connectivity index (χ0v) is 12.6. The van der Waals surface area contributed by atoms with Crippen molar-refractivity contribution in [1.82, 2.24) is 0 Å². The number of hydrogen-bond donors (Lipinski definition) is 2. The fourth-order valence-electron chi connectivity index (χ4n) is 1.71. The SMILES string of the molecule is CC(=O)Nc1ccc(C(=O)Nc2c(Cl)cccc2Cl)cc1. The first-order valence-electron chi connectivity index (χ1n) is 6.10. The molecule has 0 unspecified atom stereocenters. The molecule has 0 atom stereocenters. The van der Waals surface area contributed by atoms with Crippen LogP contribution >= 0.6 is 23.2 Å². The monoisotopic (exact) mass is 322 g/mol. The Kier molecular flexibility index (Phi) is 4.83. The van der Waals surface area contributed by atoms with Crippen molar-refractivity contribution in [2.45, 2.75) is 6.92 Å². The number of nitrogens with one attached hydrogen (secondary N) is 2. The third-order valence-corrected chi connectivity index (χ3v) is 3.30. The summed E-state index contributed by atoms with van der Waals surface area (Å²) in [7, 11) is 0. The van der Waals surface area contributed by atoms with Crippen LogP contribution in [0.15, 0.2) is 42.5 Å². The molecule has 0 radical (unpaired) electrons. The number of para-hydroxylation sites is 1. The van der Waals surface area contributed by atoms with Crippen molar-refractivity contribution in [1.29, 1.82) is 0 Å². The van der Waals surface area contributed by atoms with E-state index in [9.17, 15) is 9.59 Å². The number of anilines is 2. The maximum Gasteiger partial charge on any atom is 0.255 e. The zero-order valence-electron chi connectivity index (χ0n) is 11.1. The summed E-state index contributed by atoms with van der Waals surface area (Å²) in [6.07, 6.45) is 0.